The zero-order valence-electron chi connectivity index (χ0n) is 10.3. The molecule has 0 amide bonds. The SMILES string of the molecule is Cc1ccc(S(=O)(=O)N=C2CCC[C@H](O)C2)cc1. The Hall–Kier alpha value is -1.20. The highest BCUT2D eigenvalue weighted by Gasteiger charge is 2.19. The average molecular weight is 267 g/mol. The molecule has 4 nitrogen and oxygen atoms in total. The van der Waals surface area contributed by atoms with Gasteiger partial charge in [-0.25, -0.2) is 0 Å². The Kier molecular flexibility index (Phi) is 3.82. The van der Waals surface area contributed by atoms with Crippen LogP contribution in [0.3, 0.4) is 0 Å². The number of aryl methyl sites for hydroxylation is 1. The lowest BCUT2D eigenvalue weighted by Gasteiger charge is -2.18. The number of rotatable bonds is 2. The fourth-order valence-electron chi connectivity index (χ4n) is 2.03. The summed E-state index contributed by atoms with van der Waals surface area (Å²) in [5.41, 5.74) is 1.59. The fraction of sp³-hybridized carbons (Fsp3) is 0.462. The number of benzene rings is 1. The molecular weight excluding hydrogens is 250 g/mol. The van der Waals surface area contributed by atoms with E-state index in [9.17, 15) is 13.5 Å². The van der Waals surface area contributed by atoms with Crippen molar-refractivity contribution in [1.82, 2.24) is 0 Å². The summed E-state index contributed by atoms with van der Waals surface area (Å²) >= 11 is 0. The molecule has 1 aromatic rings. The van der Waals surface area contributed by atoms with E-state index in [4.69, 9.17) is 0 Å². The highest BCUT2D eigenvalue weighted by molar-refractivity contribution is 7.90. The van der Waals surface area contributed by atoms with E-state index in [1.54, 1.807) is 24.3 Å². The summed E-state index contributed by atoms with van der Waals surface area (Å²) < 4.78 is 27.9. The van der Waals surface area contributed by atoms with Gasteiger partial charge in [0.2, 0.25) is 0 Å². The molecule has 1 aliphatic rings. The standard InChI is InChI=1S/C13H17NO3S/c1-10-5-7-13(8-6-10)18(16,17)14-11-3-2-4-12(15)9-11/h5-8,12,15H,2-4,9H2,1H3/t12-/m0/s1. The Balaban J connectivity index is 2.26. The second-order valence-electron chi connectivity index (χ2n) is 4.70. The van der Waals surface area contributed by atoms with Crippen molar-refractivity contribution in [2.45, 2.75) is 43.6 Å². The predicted molar refractivity (Wildman–Crippen MR) is 70.3 cm³/mol. The molecule has 0 spiro atoms. The smallest absolute Gasteiger partial charge is 0.282 e. The molecule has 0 aliphatic heterocycles. The molecule has 0 unspecified atom stereocenters. The van der Waals surface area contributed by atoms with Gasteiger partial charge in [-0.15, -0.1) is 0 Å². The van der Waals surface area contributed by atoms with Gasteiger partial charge < -0.3 is 5.11 Å². The van der Waals surface area contributed by atoms with E-state index in [0.717, 1.165) is 18.4 Å². The van der Waals surface area contributed by atoms with Crippen molar-refractivity contribution < 1.29 is 13.5 Å². The molecule has 0 saturated heterocycles. The summed E-state index contributed by atoms with van der Waals surface area (Å²) in [5, 5.41) is 9.51. The minimum atomic E-state index is -3.62. The molecule has 1 N–H and O–H groups in total. The summed E-state index contributed by atoms with van der Waals surface area (Å²) in [4.78, 5) is 0.209. The van der Waals surface area contributed by atoms with Gasteiger partial charge >= 0.3 is 0 Å². The maximum absolute atomic E-state index is 12.0. The van der Waals surface area contributed by atoms with Crippen molar-refractivity contribution >= 4 is 15.7 Å². The lowest BCUT2D eigenvalue weighted by molar-refractivity contribution is 0.162. The molecule has 0 radical (unpaired) electrons. The van der Waals surface area contributed by atoms with Crippen molar-refractivity contribution in [3.8, 4) is 0 Å². The fourth-order valence-corrected chi connectivity index (χ4v) is 3.12. The Labute approximate surface area is 107 Å². The van der Waals surface area contributed by atoms with Crippen LogP contribution in [0, 0.1) is 6.92 Å². The summed E-state index contributed by atoms with van der Waals surface area (Å²) in [6, 6.07) is 6.63. The largest absolute Gasteiger partial charge is 0.393 e. The molecular formula is C13H17NO3S. The van der Waals surface area contributed by atoms with Crippen LogP contribution in [0.25, 0.3) is 0 Å². The van der Waals surface area contributed by atoms with Gasteiger partial charge in [-0.1, -0.05) is 17.7 Å². The number of sulfonamides is 1. The van der Waals surface area contributed by atoms with E-state index in [0.29, 0.717) is 18.6 Å². The highest BCUT2D eigenvalue weighted by Crippen LogP contribution is 2.20. The van der Waals surface area contributed by atoms with Crippen molar-refractivity contribution in [3.05, 3.63) is 29.8 Å². The third-order valence-electron chi connectivity index (χ3n) is 3.04. The van der Waals surface area contributed by atoms with Crippen molar-refractivity contribution in [2.75, 3.05) is 0 Å². The van der Waals surface area contributed by atoms with Gasteiger partial charge in [-0.3, -0.25) is 0 Å². The zero-order chi connectivity index (χ0) is 13.2. The Morgan fingerprint density at radius 2 is 1.94 bits per heavy atom. The average Bonchev–Trinajstić information content (AvgIpc) is 2.29. The maximum atomic E-state index is 12.0. The summed E-state index contributed by atoms with van der Waals surface area (Å²) in [6.07, 6.45) is 2.09. The normalized spacial score (nSPS) is 23.2. The van der Waals surface area contributed by atoms with Gasteiger partial charge in [0.05, 0.1) is 11.0 Å². The molecule has 1 saturated carbocycles. The van der Waals surface area contributed by atoms with Crippen LogP contribution >= 0.6 is 0 Å². The van der Waals surface area contributed by atoms with Crippen molar-refractivity contribution in [1.29, 1.82) is 0 Å². The topological polar surface area (TPSA) is 66.7 Å². The van der Waals surface area contributed by atoms with E-state index >= 15 is 0 Å². The monoisotopic (exact) mass is 267 g/mol. The first-order chi connectivity index (χ1) is 8.47. The molecule has 98 valence electrons. The maximum Gasteiger partial charge on any atom is 0.282 e. The second kappa shape index (κ2) is 5.20. The van der Waals surface area contributed by atoms with Crippen LogP contribution in [0.15, 0.2) is 33.6 Å². The minimum absolute atomic E-state index is 0.209. The molecule has 1 aliphatic carbocycles. The van der Waals surface area contributed by atoms with E-state index in [1.165, 1.54) is 0 Å². The van der Waals surface area contributed by atoms with Crippen LogP contribution in [-0.4, -0.2) is 25.3 Å². The molecule has 1 fully saturated rings. The van der Waals surface area contributed by atoms with E-state index in [2.05, 4.69) is 4.40 Å². The summed E-state index contributed by atoms with van der Waals surface area (Å²) in [7, 11) is -3.62. The number of aliphatic hydroxyl groups excluding tert-OH is 1. The first-order valence-corrected chi connectivity index (χ1v) is 7.49. The molecule has 0 heterocycles. The first kappa shape index (κ1) is 13.2. The lowest BCUT2D eigenvalue weighted by atomic mass is 9.96. The lowest BCUT2D eigenvalue weighted by Crippen LogP contribution is -2.20. The Morgan fingerprint density at radius 1 is 1.28 bits per heavy atom. The van der Waals surface area contributed by atoms with Gasteiger partial charge in [0.15, 0.2) is 0 Å². The third kappa shape index (κ3) is 3.17. The molecule has 1 atom stereocenters. The van der Waals surface area contributed by atoms with Gasteiger partial charge in [-0.05, 0) is 38.3 Å². The van der Waals surface area contributed by atoms with Crippen LogP contribution < -0.4 is 0 Å². The molecule has 0 aromatic heterocycles. The van der Waals surface area contributed by atoms with Gasteiger partial charge in [-0.2, -0.15) is 12.8 Å². The van der Waals surface area contributed by atoms with E-state index in [-0.39, 0.29) is 4.90 Å². The molecule has 1 aromatic carbocycles. The summed E-state index contributed by atoms with van der Waals surface area (Å²) in [6.45, 7) is 1.90. The van der Waals surface area contributed by atoms with Crippen LogP contribution in [0.2, 0.25) is 0 Å². The number of aliphatic hydroxyl groups is 1. The zero-order valence-corrected chi connectivity index (χ0v) is 11.2. The molecule has 2 rings (SSSR count). The number of hydrogen-bond donors (Lipinski definition) is 1. The van der Waals surface area contributed by atoms with Gasteiger partial charge in [0.1, 0.15) is 0 Å². The van der Waals surface area contributed by atoms with E-state index in [1.807, 2.05) is 6.92 Å². The van der Waals surface area contributed by atoms with Gasteiger partial charge in [0, 0.05) is 12.1 Å². The molecule has 18 heavy (non-hydrogen) atoms. The second-order valence-corrected chi connectivity index (χ2v) is 6.30. The van der Waals surface area contributed by atoms with Crippen molar-refractivity contribution in [2.24, 2.45) is 4.40 Å². The molecule has 5 heteroatoms. The first-order valence-electron chi connectivity index (χ1n) is 6.05. The van der Waals surface area contributed by atoms with Crippen LogP contribution in [-0.2, 0) is 10.0 Å². The van der Waals surface area contributed by atoms with Crippen LogP contribution in [0.4, 0.5) is 0 Å². The van der Waals surface area contributed by atoms with Crippen LogP contribution in [0.1, 0.15) is 31.2 Å². The minimum Gasteiger partial charge on any atom is -0.393 e. The van der Waals surface area contributed by atoms with Crippen molar-refractivity contribution in [3.63, 3.8) is 0 Å². The number of hydrogen-bond acceptors (Lipinski definition) is 3. The Morgan fingerprint density at radius 3 is 2.56 bits per heavy atom. The quantitative estimate of drug-likeness (QED) is 0.892. The predicted octanol–water partition coefficient (Wildman–Crippen LogP) is 2.06. The van der Waals surface area contributed by atoms with Gasteiger partial charge in [0.25, 0.3) is 10.0 Å². The number of nitrogens with zero attached hydrogens (tertiary/aromatic N) is 1. The summed E-state index contributed by atoms with van der Waals surface area (Å²) in [5.74, 6) is 0. The highest BCUT2D eigenvalue weighted by atomic mass is 32.2. The Bertz CT molecular complexity index is 546. The third-order valence-corrected chi connectivity index (χ3v) is 4.41. The van der Waals surface area contributed by atoms with Crippen LogP contribution in [0.5, 0.6) is 0 Å². The molecule has 0 bridgehead atoms. The van der Waals surface area contributed by atoms with E-state index < -0.39 is 16.1 Å².